The molecule has 2 unspecified atom stereocenters. The molecule has 5 fully saturated rings. The van der Waals surface area contributed by atoms with Crippen molar-refractivity contribution in [2.45, 2.75) is 70.4 Å². The quantitative estimate of drug-likeness (QED) is 0.566. The summed E-state index contributed by atoms with van der Waals surface area (Å²) in [6, 6.07) is 2.19. The van der Waals surface area contributed by atoms with E-state index in [1.807, 2.05) is 0 Å². The van der Waals surface area contributed by atoms with E-state index in [-0.39, 0.29) is 29.0 Å². The molecule has 1 aliphatic heterocycles. The molecule has 2 N–H and O–H groups in total. The van der Waals surface area contributed by atoms with Gasteiger partial charge in [0.1, 0.15) is 11.6 Å². The van der Waals surface area contributed by atoms with Crippen LogP contribution in [0.1, 0.15) is 58.3 Å². The molecule has 0 radical (unpaired) electrons. The molecule has 0 aromatic rings. The van der Waals surface area contributed by atoms with E-state index < -0.39 is 0 Å². The van der Waals surface area contributed by atoms with Crippen molar-refractivity contribution in [3.05, 3.63) is 11.8 Å². The summed E-state index contributed by atoms with van der Waals surface area (Å²) in [4.78, 5) is 12.6. The van der Waals surface area contributed by atoms with Crippen molar-refractivity contribution in [3.8, 4) is 6.07 Å². The lowest BCUT2D eigenvalue weighted by atomic mass is 9.48. The van der Waals surface area contributed by atoms with E-state index in [1.54, 1.807) is 6.20 Å². The fraction of sp³-hybridized carbons (Fsp3) is 0.810. The maximum atomic E-state index is 12.6. The van der Waals surface area contributed by atoms with Gasteiger partial charge in [0.2, 0.25) is 0 Å². The lowest BCUT2D eigenvalue weighted by Crippen LogP contribution is -2.56. The first-order chi connectivity index (χ1) is 12.6. The van der Waals surface area contributed by atoms with Crippen LogP contribution in [0.5, 0.6) is 0 Å². The Kier molecular flexibility index (Phi) is 4.96. The molecule has 5 rings (SSSR count). The van der Waals surface area contributed by atoms with Crippen molar-refractivity contribution in [1.82, 2.24) is 10.6 Å². The number of rotatable bonds is 6. The first kappa shape index (κ1) is 17.9. The molecule has 0 aromatic carbocycles. The zero-order valence-electron chi connectivity index (χ0n) is 15.8. The van der Waals surface area contributed by atoms with Gasteiger partial charge in [0.05, 0.1) is 6.10 Å². The van der Waals surface area contributed by atoms with E-state index >= 15 is 0 Å². The second-order valence-electron chi connectivity index (χ2n) is 9.19. The van der Waals surface area contributed by atoms with Crippen LogP contribution in [0, 0.1) is 34.5 Å². The molecule has 5 heteroatoms. The van der Waals surface area contributed by atoms with Crippen molar-refractivity contribution in [2.75, 3.05) is 13.2 Å². The van der Waals surface area contributed by atoms with Crippen molar-refractivity contribution >= 4 is 5.91 Å². The first-order valence-electron chi connectivity index (χ1n) is 10.3. The third-order valence-electron chi connectivity index (χ3n) is 7.33. The number of hydrogen-bond acceptors (Lipinski definition) is 4. The Hall–Kier alpha value is -1.54. The number of ether oxygens (including phenoxy) is 1. The Bertz CT molecular complexity index is 580. The fourth-order valence-electron chi connectivity index (χ4n) is 6.38. The van der Waals surface area contributed by atoms with Gasteiger partial charge in [-0.25, -0.2) is 0 Å². The highest BCUT2D eigenvalue weighted by Gasteiger charge is 2.53. The zero-order chi connectivity index (χ0) is 18.1. The molecule has 5 aliphatic rings. The van der Waals surface area contributed by atoms with E-state index in [1.165, 1.54) is 38.5 Å². The van der Waals surface area contributed by atoms with Gasteiger partial charge in [0.25, 0.3) is 5.91 Å². The normalized spacial score (nSPS) is 39.5. The number of amides is 1. The van der Waals surface area contributed by atoms with Gasteiger partial charge < -0.3 is 15.4 Å². The van der Waals surface area contributed by atoms with Crippen LogP contribution < -0.4 is 10.6 Å². The van der Waals surface area contributed by atoms with E-state index in [2.05, 4.69) is 23.6 Å². The Morgan fingerprint density at radius 3 is 2.46 bits per heavy atom. The molecule has 1 saturated heterocycles. The number of nitrogens with zero attached hydrogens (tertiary/aromatic N) is 1. The van der Waals surface area contributed by atoms with Crippen LogP contribution in [0.3, 0.4) is 0 Å². The van der Waals surface area contributed by atoms with Crippen molar-refractivity contribution in [2.24, 2.45) is 23.2 Å². The number of carbonyl (C=O) groups excluding carboxylic acids is 1. The third-order valence-corrected chi connectivity index (χ3v) is 7.33. The summed E-state index contributed by atoms with van der Waals surface area (Å²) in [5.74, 6) is 2.34. The summed E-state index contributed by atoms with van der Waals surface area (Å²) in [5.41, 5.74) is 0.426. The Balaban J connectivity index is 1.34. The van der Waals surface area contributed by atoms with Crippen LogP contribution >= 0.6 is 0 Å². The number of carbonyl (C=O) groups is 1. The smallest absolute Gasteiger partial charge is 0.263 e. The molecular formula is C21H31N3O2. The zero-order valence-corrected chi connectivity index (χ0v) is 15.8. The van der Waals surface area contributed by atoms with Crippen LogP contribution in [0.15, 0.2) is 11.8 Å². The summed E-state index contributed by atoms with van der Waals surface area (Å²) in [6.45, 7) is 3.62. The highest BCUT2D eigenvalue weighted by molar-refractivity contribution is 5.97. The highest BCUT2D eigenvalue weighted by Crippen LogP contribution is 2.61. The Morgan fingerprint density at radius 2 is 1.92 bits per heavy atom. The average molecular weight is 357 g/mol. The fourth-order valence-corrected chi connectivity index (χ4v) is 6.38. The van der Waals surface area contributed by atoms with Gasteiger partial charge in [-0.2, -0.15) is 5.26 Å². The predicted octanol–water partition coefficient (Wildman–Crippen LogP) is 2.88. The Labute approximate surface area is 156 Å². The standard InChI is InChI=1S/C21H31N3O2/c1-14(21-8-15-5-16(9-21)7-17(6-15)10-21)24-20(25)18(11-22)12-23-13-19-3-2-4-26-19/h12,14-17,19,23H,2-10,13H2,1H3,(H,24,25)/b18-12-. The molecule has 0 aromatic heterocycles. The summed E-state index contributed by atoms with van der Waals surface area (Å²) in [6.07, 6.45) is 11.8. The second-order valence-corrected chi connectivity index (χ2v) is 9.19. The minimum absolute atomic E-state index is 0.137. The number of nitrogens with one attached hydrogen (secondary N) is 2. The highest BCUT2D eigenvalue weighted by atomic mass is 16.5. The van der Waals surface area contributed by atoms with E-state index in [0.29, 0.717) is 6.54 Å². The summed E-state index contributed by atoms with van der Waals surface area (Å²) >= 11 is 0. The molecular weight excluding hydrogens is 326 g/mol. The maximum absolute atomic E-state index is 12.6. The van der Waals surface area contributed by atoms with Gasteiger partial charge in [-0.05, 0) is 81.5 Å². The van der Waals surface area contributed by atoms with Crippen LogP contribution in [0.25, 0.3) is 0 Å². The van der Waals surface area contributed by atoms with Gasteiger partial charge in [-0.1, -0.05) is 0 Å². The van der Waals surface area contributed by atoms with Crippen LogP contribution in [0.4, 0.5) is 0 Å². The monoisotopic (exact) mass is 357 g/mol. The molecule has 2 atom stereocenters. The molecule has 4 saturated carbocycles. The number of hydrogen-bond donors (Lipinski definition) is 2. The van der Waals surface area contributed by atoms with Crippen LogP contribution in [0.2, 0.25) is 0 Å². The molecule has 26 heavy (non-hydrogen) atoms. The van der Waals surface area contributed by atoms with E-state index in [4.69, 9.17) is 4.74 Å². The molecule has 1 heterocycles. The van der Waals surface area contributed by atoms with E-state index in [0.717, 1.165) is 37.2 Å². The van der Waals surface area contributed by atoms with E-state index in [9.17, 15) is 10.1 Å². The summed E-state index contributed by atoms with van der Waals surface area (Å²) in [5, 5.41) is 15.6. The van der Waals surface area contributed by atoms with Gasteiger partial charge in [0, 0.05) is 25.4 Å². The van der Waals surface area contributed by atoms with Crippen molar-refractivity contribution in [1.29, 1.82) is 5.26 Å². The summed E-state index contributed by atoms with van der Waals surface area (Å²) < 4.78 is 5.56. The van der Waals surface area contributed by atoms with Gasteiger partial charge in [0.15, 0.2) is 0 Å². The number of nitriles is 1. The molecule has 0 spiro atoms. The largest absolute Gasteiger partial charge is 0.387 e. The second kappa shape index (κ2) is 7.23. The molecule has 5 nitrogen and oxygen atoms in total. The maximum Gasteiger partial charge on any atom is 0.263 e. The third kappa shape index (κ3) is 3.49. The lowest BCUT2D eigenvalue weighted by Gasteiger charge is -2.59. The SMILES string of the molecule is CC(NC(=O)/C(C#N)=C\NCC1CCCO1)C12CC3CC(CC(C3)C1)C2. The van der Waals surface area contributed by atoms with Gasteiger partial charge >= 0.3 is 0 Å². The summed E-state index contributed by atoms with van der Waals surface area (Å²) in [7, 11) is 0. The average Bonchev–Trinajstić information content (AvgIpc) is 3.10. The predicted molar refractivity (Wildman–Crippen MR) is 98.9 cm³/mol. The van der Waals surface area contributed by atoms with Crippen molar-refractivity contribution in [3.63, 3.8) is 0 Å². The molecule has 4 bridgehead atoms. The molecule has 142 valence electrons. The topological polar surface area (TPSA) is 74.2 Å². The van der Waals surface area contributed by atoms with Gasteiger partial charge in [-0.3, -0.25) is 4.79 Å². The minimum atomic E-state index is -0.240. The molecule has 1 amide bonds. The van der Waals surface area contributed by atoms with Crippen LogP contribution in [-0.4, -0.2) is 31.2 Å². The lowest BCUT2D eigenvalue weighted by molar-refractivity contribution is -0.122. The minimum Gasteiger partial charge on any atom is -0.387 e. The van der Waals surface area contributed by atoms with Crippen LogP contribution in [-0.2, 0) is 9.53 Å². The first-order valence-corrected chi connectivity index (χ1v) is 10.3. The van der Waals surface area contributed by atoms with Gasteiger partial charge in [-0.15, -0.1) is 0 Å². The Morgan fingerprint density at radius 1 is 1.27 bits per heavy atom. The van der Waals surface area contributed by atoms with Crippen molar-refractivity contribution < 1.29 is 9.53 Å². The molecule has 4 aliphatic carbocycles.